The van der Waals surface area contributed by atoms with Crippen LogP contribution in [0.2, 0.25) is 0 Å². The number of thiophene rings is 1. The number of aliphatic hydroxyl groups excluding tert-OH is 1. The summed E-state index contributed by atoms with van der Waals surface area (Å²) < 4.78 is 16.3. The van der Waals surface area contributed by atoms with Gasteiger partial charge in [0.1, 0.15) is 6.61 Å². The summed E-state index contributed by atoms with van der Waals surface area (Å²) in [5, 5.41) is 21.3. The summed E-state index contributed by atoms with van der Waals surface area (Å²) in [6.45, 7) is 3.73. The van der Waals surface area contributed by atoms with Crippen molar-refractivity contribution in [3.05, 3.63) is 57.4 Å². The van der Waals surface area contributed by atoms with Crippen molar-refractivity contribution in [3.8, 4) is 11.5 Å². The molecule has 3 rings (SSSR count). The Hall–Kier alpha value is -3.57. The number of nitrogens with zero attached hydrogens (tertiary/aromatic N) is 1. The second-order valence-electron chi connectivity index (χ2n) is 6.93. The molecule has 176 valence electrons. The first-order valence-corrected chi connectivity index (χ1v) is 11.1. The monoisotopic (exact) mass is 474 g/mol. The van der Waals surface area contributed by atoms with Crippen LogP contribution < -0.4 is 25.5 Å². The average Bonchev–Trinajstić information content (AvgIpc) is 3.31. The number of aliphatic hydroxyl groups is 1. The molecule has 0 saturated heterocycles. The third-order valence-corrected chi connectivity index (χ3v) is 5.44. The van der Waals surface area contributed by atoms with E-state index in [0.29, 0.717) is 29.4 Å². The van der Waals surface area contributed by atoms with Gasteiger partial charge in [0.25, 0.3) is 0 Å². The van der Waals surface area contributed by atoms with Gasteiger partial charge in [-0.1, -0.05) is 12.1 Å². The molecule has 0 unspecified atom stereocenters. The normalized spacial score (nSPS) is 16.7. The van der Waals surface area contributed by atoms with Gasteiger partial charge in [0.05, 0.1) is 31.5 Å². The Kier molecular flexibility index (Phi) is 8.28. The van der Waals surface area contributed by atoms with Gasteiger partial charge in [-0.2, -0.15) is 5.10 Å². The summed E-state index contributed by atoms with van der Waals surface area (Å²) in [7, 11) is 1.28. The number of urea groups is 1. The molecule has 10 nitrogen and oxygen atoms in total. The van der Waals surface area contributed by atoms with Gasteiger partial charge < -0.3 is 30.0 Å². The van der Waals surface area contributed by atoms with E-state index >= 15 is 0 Å². The predicted octanol–water partition coefficient (Wildman–Crippen LogP) is 2.27. The van der Waals surface area contributed by atoms with E-state index in [0.717, 1.165) is 4.88 Å². The first-order valence-electron chi connectivity index (χ1n) is 10.2. The minimum atomic E-state index is -1.05. The number of allylic oxidation sites excluding steroid dienone is 1. The number of carbonyl (C=O) groups excluding carboxylic acids is 2. The molecule has 4 N–H and O–H groups in total. The lowest BCUT2D eigenvalue weighted by molar-refractivity contribution is -0.136. The maximum absolute atomic E-state index is 12.3. The Labute approximate surface area is 195 Å². The van der Waals surface area contributed by atoms with Crippen LogP contribution in [0.1, 0.15) is 30.3 Å². The van der Waals surface area contributed by atoms with Crippen molar-refractivity contribution in [3.63, 3.8) is 0 Å². The molecule has 1 aromatic heterocycles. The van der Waals surface area contributed by atoms with Crippen molar-refractivity contribution in [2.24, 2.45) is 5.10 Å². The van der Waals surface area contributed by atoms with Crippen LogP contribution in [0.3, 0.4) is 0 Å². The number of methoxy groups -OCH3 is 1. The topological polar surface area (TPSA) is 131 Å². The summed E-state index contributed by atoms with van der Waals surface area (Å²) in [6, 6.07) is 7.70. The fourth-order valence-electron chi connectivity index (χ4n) is 3.17. The molecular formula is C22H26N4O6S. The second-order valence-corrected chi connectivity index (χ2v) is 7.91. The van der Waals surface area contributed by atoms with Gasteiger partial charge in [-0.3, -0.25) is 5.43 Å². The van der Waals surface area contributed by atoms with Crippen molar-refractivity contribution in [2.45, 2.75) is 26.1 Å². The Morgan fingerprint density at radius 2 is 2.15 bits per heavy atom. The minimum Gasteiger partial charge on any atom is -0.490 e. The van der Waals surface area contributed by atoms with E-state index in [1.54, 1.807) is 31.3 Å². The van der Waals surface area contributed by atoms with Crippen molar-refractivity contribution < 1.29 is 28.9 Å². The molecule has 0 bridgehead atoms. The second kappa shape index (κ2) is 11.3. The summed E-state index contributed by atoms with van der Waals surface area (Å²) in [4.78, 5) is 25.3. The molecule has 1 aromatic carbocycles. The molecule has 2 amide bonds. The smallest absolute Gasteiger partial charge is 0.337 e. The lowest BCUT2D eigenvalue weighted by Crippen LogP contribution is -2.45. The highest BCUT2D eigenvalue weighted by molar-refractivity contribution is 7.11. The molecule has 11 heteroatoms. The van der Waals surface area contributed by atoms with Crippen LogP contribution in [0, 0.1) is 0 Å². The van der Waals surface area contributed by atoms with E-state index in [1.807, 2.05) is 24.4 Å². The van der Waals surface area contributed by atoms with E-state index in [2.05, 4.69) is 21.2 Å². The van der Waals surface area contributed by atoms with Crippen LogP contribution in [0.25, 0.3) is 0 Å². The number of hydrogen-bond acceptors (Lipinski definition) is 9. The number of hydrogen-bond donors (Lipinski definition) is 4. The zero-order valence-corrected chi connectivity index (χ0v) is 19.3. The first-order chi connectivity index (χ1) is 15.9. The van der Waals surface area contributed by atoms with Gasteiger partial charge in [0.2, 0.25) is 0 Å². The Morgan fingerprint density at radius 3 is 2.85 bits per heavy atom. The van der Waals surface area contributed by atoms with Crippen molar-refractivity contribution >= 4 is 29.6 Å². The molecule has 2 aromatic rings. The van der Waals surface area contributed by atoms with Crippen molar-refractivity contribution in [1.29, 1.82) is 0 Å². The Bertz CT molecular complexity index is 1040. The number of esters is 1. The molecule has 2 heterocycles. The minimum absolute atomic E-state index is 0.0856. The van der Waals surface area contributed by atoms with Crippen LogP contribution in [0.15, 0.2) is 52.1 Å². The molecule has 1 aliphatic heterocycles. The first kappa shape index (κ1) is 24.1. The summed E-state index contributed by atoms with van der Waals surface area (Å²) in [5.74, 6) is 0.240. The van der Waals surface area contributed by atoms with Crippen molar-refractivity contribution in [2.75, 3.05) is 20.3 Å². The maximum atomic E-state index is 12.3. The number of amides is 2. The van der Waals surface area contributed by atoms with Crippen LogP contribution in [0.5, 0.6) is 11.5 Å². The molecule has 2 atom stereocenters. The average molecular weight is 475 g/mol. The zero-order valence-electron chi connectivity index (χ0n) is 18.5. The van der Waals surface area contributed by atoms with Crippen molar-refractivity contribution in [1.82, 2.24) is 16.1 Å². The number of ether oxygens (including phenoxy) is 3. The van der Waals surface area contributed by atoms with E-state index in [4.69, 9.17) is 14.2 Å². The SMILES string of the molecule is CCOc1cc([C@H]2NC(=O)NC(C)=C2C(=O)OC)ccc1OC[C@@H](O)N/N=C\c1cccs1. The highest BCUT2D eigenvalue weighted by Crippen LogP contribution is 2.34. The zero-order chi connectivity index (χ0) is 23.8. The van der Waals surface area contributed by atoms with E-state index in [1.165, 1.54) is 18.4 Å². The van der Waals surface area contributed by atoms with E-state index in [9.17, 15) is 14.7 Å². The molecular weight excluding hydrogens is 448 g/mol. The third-order valence-electron chi connectivity index (χ3n) is 4.63. The largest absolute Gasteiger partial charge is 0.490 e. The summed E-state index contributed by atoms with van der Waals surface area (Å²) in [5.41, 5.74) is 3.90. The number of rotatable bonds is 10. The molecule has 0 aliphatic carbocycles. The Morgan fingerprint density at radius 1 is 1.33 bits per heavy atom. The Balaban J connectivity index is 1.73. The number of nitrogens with one attached hydrogen (secondary N) is 3. The van der Waals surface area contributed by atoms with Crippen LogP contribution in [0.4, 0.5) is 4.79 Å². The van der Waals surface area contributed by atoms with Gasteiger partial charge in [0.15, 0.2) is 17.7 Å². The molecule has 0 radical (unpaired) electrons. The number of carbonyl (C=O) groups is 2. The fraction of sp³-hybridized carbons (Fsp3) is 0.318. The predicted molar refractivity (Wildman–Crippen MR) is 123 cm³/mol. The maximum Gasteiger partial charge on any atom is 0.337 e. The summed E-state index contributed by atoms with van der Waals surface area (Å²) >= 11 is 1.53. The molecule has 0 spiro atoms. The van der Waals surface area contributed by atoms with Crippen LogP contribution in [-0.2, 0) is 9.53 Å². The van der Waals surface area contributed by atoms with E-state index < -0.39 is 24.3 Å². The van der Waals surface area contributed by atoms with Gasteiger partial charge >= 0.3 is 12.0 Å². The lowest BCUT2D eigenvalue weighted by Gasteiger charge is -2.28. The van der Waals surface area contributed by atoms with E-state index in [-0.39, 0.29) is 12.2 Å². The standard InChI is InChI=1S/C22H26N4O6S/c1-4-31-17-10-14(20-19(21(28)30-3)13(2)24-22(29)25-20)7-8-16(17)32-12-18(27)26-23-11-15-6-5-9-33-15/h5-11,18,20,26-27H,4,12H2,1-3H3,(H2,24,25,29)/b23-11-/t18-,20-/m1/s1. The molecule has 1 aliphatic rings. The fourth-order valence-corrected chi connectivity index (χ4v) is 3.76. The molecule has 33 heavy (non-hydrogen) atoms. The lowest BCUT2D eigenvalue weighted by atomic mass is 9.95. The number of benzene rings is 1. The quantitative estimate of drug-likeness (QED) is 0.180. The molecule has 0 saturated carbocycles. The van der Waals surface area contributed by atoms with Gasteiger partial charge in [-0.15, -0.1) is 11.3 Å². The van der Waals surface area contributed by atoms with Gasteiger partial charge in [0, 0.05) is 10.6 Å². The van der Waals surface area contributed by atoms with Crippen LogP contribution >= 0.6 is 11.3 Å². The highest BCUT2D eigenvalue weighted by Gasteiger charge is 2.32. The highest BCUT2D eigenvalue weighted by atomic mass is 32.1. The molecule has 0 fully saturated rings. The third kappa shape index (κ3) is 6.24. The number of hydrazone groups is 1. The summed E-state index contributed by atoms with van der Waals surface area (Å²) in [6.07, 6.45) is 0.561. The van der Waals surface area contributed by atoms with Crippen LogP contribution in [-0.4, -0.2) is 49.9 Å². The van der Waals surface area contributed by atoms with Gasteiger partial charge in [-0.05, 0) is 43.0 Å². The van der Waals surface area contributed by atoms with Gasteiger partial charge in [-0.25, -0.2) is 9.59 Å².